The number of rotatable bonds is 2. The van der Waals surface area contributed by atoms with Gasteiger partial charge in [-0.2, -0.15) is 0 Å². The highest BCUT2D eigenvalue weighted by Crippen LogP contribution is 2.30. The molecule has 0 N–H and O–H groups in total. The second-order valence-corrected chi connectivity index (χ2v) is 6.70. The first-order chi connectivity index (χ1) is 5.54. The van der Waals surface area contributed by atoms with E-state index in [1.807, 2.05) is 0 Å². The molecule has 12 heavy (non-hydrogen) atoms. The summed E-state index contributed by atoms with van der Waals surface area (Å²) in [5, 5.41) is 20.8. The molecule has 1 aliphatic rings. The van der Waals surface area contributed by atoms with Gasteiger partial charge in [-0.05, 0) is 25.1 Å². The van der Waals surface area contributed by atoms with Gasteiger partial charge in [-0.25, -0.2) is 0 Å². The second kappa shape index (κ2) is 3.55. The van der Waals surface area contributed by atoms with Gasteiger partial charge in [0.25, 0.3) is 0 Å². The van der Waals surface area contributed by atoms with E-state index in [4.69, 9.17) is 11.2 Å². The fourth-order valence-electron chi connectivity index (χ4n) is 0.681. The fourth-order valence-corrected chi connectivity index (χ4v) is 4.21. The monoisotopic (exact) mass is 222 g/mol. The molecule has 0 bridgehead atoms. The third kappa shape index (κ3) is 1.67. The molecule has 66 valence electrons. The first kappa shape index (κ1) is 9.69. The number of carboxylic acids is 2. The molecule has 0 saturated carbocycles. The lowest BCUT2D eigenvalue weighted by molar-refractivity contribution is -0.308. The van der Waals surface area contributed by atoms with Crippen LogP contribution in [0.1, 0.15) is 0 Å². The van der Waals surface area contributed by atoms with Crippen LogP contribution in [-0.4, -0.2) is 17.2 Å². The van der Waals surface area contributed by atoms with E-state index in [1.54, 1.807) is 0 Å². The highest BCUT2D eigenvalue weighted by atomic mass is 33.3. The molecule has 0 aromatic rings. The van der Waals surface area contributed by atoms with Crippen molar-refractivity contribution in [1.82, 2.24) is 0 Å². The normalized spacial score (nSPS) is 28.2. The minimum Gasteiger partial charge on any atom is -0.549 e. The molecule has 0 aromatic heterocycles. The van der Waals surface area contributed by atoms with Crippen LogP contribution < -0.4 is 10.2 Å². The first-order valence-corrected chi connectivity index (χ1v) is 6.35. The number of hydrogen-bond acceptors (Lipinski definition) is 6. The van der Waals surface area contributed by atoms with Crippen molar-refractivity contribution in [3.63, 3.8) is 0 Å². The number of hydrogen-bond donors (Lipinski definition) is 0. The van der Waals surface area contributed by atoms with Crippen LogP contribution in [0.4, 0.5) is 0 Å². The molecular formula is C5H2O4S3-2. The summed E-state index contributed by atoms with van der Waals surface area (Å²) in [5.74, 6) is -2.94. The molecule has 0 fully saturated rings. The van der Waals surface area contributed by atoms with Gasteiger partial charge in [-0.15, -0.1) is 0 Å². The van der Waals surface area contributed by atoms with E-state index < -0.39 is 25.7 Å². The Balaban J connectivity index is 2.96. The maximum Gasteiger partial charge on any atom is 0.0861 e. The van der Waals surface area contributed by atoms with E-state index in [2.05, 4.69) is 0 Å². The van der Waals surface area contributed by atoms with Crippen molar-refractivity contribution in [2.75, 3.05) is 0 Å². The van der Waals surface area contributed by atoms with Crippen LogP contribution in [0.2, 0.25) is 0 Å². The summed E-state index contributed by atoms with van der Waals surface area (Å²) in [6.45, 7) is 0. The Morgan fingerprint density at radius 1 is 1.58 bits per heavy atom. The molecule has 0 aromatic carbocycles. The SMILES string of the molecule is O=C([O-])C1=CSS(=S)C1C(=O)[O-]. The summed E-state index contributed by atoms with van der Waals surface area (Å²) in [6.07, 6.45) is 0. The molecule has 0 aliphatic carbocycles. The number of carbonyl (C=O) groups excluding carboxylic acids is 2. The molecule has 0 spiro atoms. The quantitative estimate of drug-likeness (QED) is 0.480. The molecule has 2 unspecified atom stereocenters. The Kier molecular flexibility index (Phi) is 2.86. The molecule has 2 atom stereocenters. The average molecular weight is 222 g/mol. The van der Waals surface area contributed by atoms with E-state index in [-0.39, 0.29) is 5.57 Å². The number of carboxylic acid groups (broad SMARTS) is 2. The number of carbonyl (C=O) groups is 2. The van der Waals surface area contributed by atoms with Crippen molar-refractivity contribution >= 4 is 42.4 Å². The second-order valence-electron chi connectivity index (χ2n) is 1.92. The van der Waals surface area contributed by atoms with Crippen LogP contribution in [0, 0.1) is 0 Å². The van der Waals surface area contributed by atoms with Gasteiger partial charge >= 0.3 is 0 Å². The van der Waals surface area contributed by atoms with E-state index >= 15 is 0 Å². The number of aliphatic carboxylic acids is 2. The average Bonchev–Trinajstić information content (AvgIpc) is 2.30. The Morgan fingerprint density at radius 3 is 2.50 bits per heavy atom. The highest BCUT2D eigenvalue weighted by molar-refractivity contribution is 8.84. The summed E-state index contributed by atoms with van der Waals surface area (Å²) in [4.78, 5) is 20.7. The lowest BCUT2D eigenvalue weighted by Crippen LogP contribution is -2.41. The topological polar surface area (TPSA) is 80.3 Å². The van der Waals surface area contributed by atoms with E-state index in [9.17, 15) is 19.8 Å². The Labute approximate surface area is 78.6 Å². The van der Waals surface area contributed by atoms with E-state index in [0.717, 1.165) is 10.8 Å². The predicted octanol–water partition coefficient (Wildman–Crippen LogP) is -2.52. The smallest absolute Gasteiger partial charge is 0.0861 e. The zero-order valence-electron chi connectivity index (χ0n) is 5.51. The molecule has 4 nitrogen and oxygen atoms in total. The fraction of sp³-hybridized carbons (Fsp3) is 0.200. The van der Waals surface area contributed by atoms with Gasteiger partial charge in [-0.1, -0.05) is 10.8 Å². The van der Waals surface area contributed by atoms with Gasteiger partial charge in [0.05, 0.1) is 17.2 Å². The molecule has 1 aliphatic heterocycles. The maximum atomic E-state index is 10.4. The van der Waals surface area contributed by atoms with Crippen LogP contribution in [-0.2, 0) is 29.3 Å². The third-order valence-corrected chi connectivity index (χ3v) is 5.29. The van der Waals surface area contributed by atoms with Gasteiger partial charge in [0.15, 0.2) is 0 Å². The van der Waals surface area contributed by atoms with Crippen LogP contribution in [0.25, 0.3) is 0 Å². The van der Waals surface area contributed by atoms with Crippen molar-refractivity contribution < 1.29 is 19.8 Å². The van der Waals surface area contributed by atoms with Crippen molar-refractivity contribution in [2.24, 2.45) is 0 Å². The zero-order valence-corrected chi connectivity index (χ0v) is 7.96. The van der Waals surface area contributed by atoms with Gasteiger partial charge in [0.2, 0.25) is 0 Å². The Hall–Kier alpha value is -0.400. The van der Waals surface area contributed by atoms with Gasteiger partial charge < -0.3 is 19.8 Å². The summed E-state index contributed by atoms with van der Waals surface area (Å²) >= 11 is 4.72. The highest BCUT2D eigenvalue weighted by Gasteiger charge is 2.26. The van der Waals surface area contributed by atoms with E-state index in [0.29, 0.717) is 0 Å². The van der Waals surface area contributed by atoms with Gasteiger partial charge in [-0.3, -0.25) is 0 Å². The summed E-state index contributed by atoms with van der Waals surface area (Å²) in [5.41, 5.74) is -0.279. The molecule has 0 amide bonds. The van der Waals surface area contributed by atoms with Crippen LogP contribution in [0.3, 0.4) is 0 Å². The van der Waals surface area contributed by atoms with Crippen LogP contribution >= 0.6 is 10.8 Å². The van der Waals surface area contributed by atoms with Crippen molar-refractivity contribution in [2.45, 2.75) is 5.25 Å². The Morgan fingerprint density at radius 2 is 2.17 bits per heavy atom. The predicted molar refractivity (Wildman–Crippen MR) is 44.2 cm³/mol. The van der Waals surface area contributed by atoms with Crippen molar-refractivity contribution in [3.05, 3.63) is 11.0 Å². The summed E-state index contributed by atoms with van der Waals surface area (Å²) < 4.78 is 0. The third-order valence-electron chi connectivity index (χ3n) is 1.19. The zero-order chi connectivity index (χ0) is 9.30. The van der Waals surface area contributed by atoms with Gasteiger partial charge in [0.1, 0.15) is 0 Å². The van der Waals surface area contributed by atoms with Crippen LogP contribution in [0.15, 0.2) is 11.0 Å². The molecule has 7 heteroatoms. The molecular weight excluding hydrogens is 220 g/mol. The standard InChI is InChI=1S/C5H4O4S3/c6-4(7)2-1-11-12(10)3(2)5(8)9/h1,3H,(H,6,7)(H,8,9)/p-2. The summed E-state index contributed by atoms with van der Waals surface area (Å²) in [7, 11) is 0.0421. The minimum atomic E-state index is -1.49. The maximum absolute atomic E-state index is 10.4. The minimum absolute atomic E-state index is 0.279. The lowest BCUT2D eigenvalue weighted by Gasteiger charge is -2.15. The molecule has 1 rings (SSSR count). The van der Waals surface area contributed by atoms with E-state index in [1.165, 1.54) is 5.41 Å². The largest absolute Gasteiger partial charge is 0.549 e. The lowest BCUT2D eigenvalue weighted by atomic mass is 10.2. The first-order valence-electron chi connectivity index (χ1n) is 2.74. The van der Waals surface area contributed by atoms with Gasteiger partial charge in [0, 0.05) is 5.57 Å². The molecule has 1 heterocycles. The van der Waals surface area contributed by atoms with Crippen molar-refractivity contribution in [1.29, 1.82) is 0 Å². The van der Waals surface area contributed by atoms with Crippen LogP contribution in [0.5, 0.6) is 0 Å². The van der Waals surface area contributed by atoms with Crippen molar-refractivity contribution in [3.8, 4) is 0 Å². The Bertz CT molecular complexity index is 295. The summed E-state index contributed by atoms with van der Waals surface area (Å²) in [6, 6.07) is 0. The molecule has 0 saturated heterocycles. The molecule has 0 radical (unpaired) electrons.